The predicted molar refractivity (Wildman–Crippen MR) is 170 cm³/mol. The minimum absolute atomic E-state index is 1.13. The Morgan fingerprint density at radius 3 is 1.72 bits per heavy atom. The Morgan fingerprint density at radius 2 is 1.03 bits per heavy atom. The number of rotatable bonds is 3. The van der Waals surface area contributed by atoms with E-state index in [1.807, 2.05) is 11.3 Å². The normalized spacial score (nSPS) is 12.8. The fourth-order valence-corrected chi connectivity index (χ4v) is 7.69. The third kappa shape index (κ3) is 3.58. The first-order valence-electron chi connectivity index (χ1n) is 13.7. The van der Waals surface area contributed by atoms with Gasteiger partial charge < -0.3 is 0 Å². The second kappa shape index (κ2) is 9.08. The Kier molecular flexibility index (Phi) is 5.24. The first-order valence-corrected chi connectivity index (χ1v) is 14.5. The predicted octanol–water partition coefficient (Wildman–Crippen LogP) is 11.2. The Bertz CT molecular complexity index is 1980. The van der Waals surface area contributed by atoms with Crippen LogP contribution in [0.25, 0.3) is 71.1 Å². The Morgan fingerprint density at radius 1 is 0.462 bits per heavy atom. The number of benzene rings is 6. The highest BCUT2D eigenvalue weighted by molar-refractivity contribution is 7.20. The Labute approximate surface area is 232 Å². The van der Waals surface area contributed by atoms with Crippen LogP contribution < -0.4 is 0 Å². The van der Waals surface area contributed by atoms with Crippen molar-refractivity contribution in [1.29, 1.82) is 0 Å². The van der Waals surface area contributed by atoms with Crippen LogP contribution in [0.4, 0.5) is 0 Å². The van der Waals surface area contributed by atoms with E-state index in [1.54, 1.807) is 0 Å². The molecule has 1 heterocycles. The molecular weight excluding hydrogens is 488 g/mol. The maximum atomic E-state index is 2.33. The van der Waals surface area contributed by atoms with Gasteiger partial charge in [0.15, 0.2) is 0 Å². The monoisotopic (exact) mass is 514 g/mol. The van der Waals surface area contributed by atoms with Gasteiger partial charge in [-0.25, -0.2) is 0 Å². The highest BCUT2D eigenvalue weighted by Gasteiger charge is 2.20. The van der Waals surface area contributed by atoms with Crippen molar-refractivity contribution in [2.75, 3.05) is 0 Å². The number of aryl methyl sites for hydroxylation is 1. The molecule has 0 radical (unpaired) electrons. The number of allylic oxidation sites excluding steroid dienone is 1. The molecule has 0 fully saturated rings. The Hall–Kier alpha value is -4.46. The number of hydrogen-bond acceptors (Lipinski definition) is 1. The summed E-state index contributed by atoms with van der Waals surface area (Å²) in [7, 11) is 0. The molecule has 39 heavy (non-hydrogen) atoms. The maximum absolute atomic E-state index is 2.33. The molecule has 0 amide bonds. The average Bonchev–Trinajstić information content (AvgIpc) is 3.40. The molecule has 0 unspecified atom stereocenters. The minimum Gasteiger partial charge on any atom is -0.135 e. The molecule has 0 N–H and O–H groups in total. The van der Waals surface area contributed by atoms with Gasteiger partial charge in [-0.1, -0.05) is 127 Å². The van der Waals surface area contributed by atoms with Crippen molar-refractivity contribution in [3.8, 4) is 33.4 Å². The summed E-state index contributed by atoms with van der Waals surface area (Å²) in [6.07, 6.45) is 6.91. The van der Waals surface area contributed by atoms with E-state index in [0.29, 0.717) is 0 Å². The molecule has 7 aromatic rings. The quantitative estimate of drug-likeness (QED) is 0.206. The van der Waals surface area contributed by atoms with Crippen LogP contribution in [0.2, 0.25) is 0 Å². The number of fused-ring (bicyclic) bond motifs is 5. The zero-order chi connectivity index (χ0) is 25.8. The van der Waals surface area contributed by atoms with E-state index in [4.69, 9.17) is 0 Å². The lowest BCUT2D eigenvalue weighted by atomic mass is 9.85. The summed E-state index contributed by atoms with van der Waals surface area (Å²) >= 11 is 1.95. The van der Waals surface area contributed by atoms with E-state index in [-0.39, 0.29) is 0 Å². The van der Waals surface area contributed by atoms with Crippen LogP contribution in [-0.4, -0.2) is 0 Å². The summed E-state index contributed by atoms with van der Waals surface area (Å²) < 4.78 is 1.41. The fourth-order valence-electron chi connectivity index (χ4n) is 6.39. The molecule has 0 nitrogen and oxygen atoms in total. The first kappa shape index (κ1) is 22.5. The molecule has 184 valence electrons. The molecule has 8 rings (SSSR count). The molecule has 0 saturated heterocycles. The lowest BCUT2D eigenvalue weighted by Crippen LogP contribution is -1.91. The van der Waals surface area contributed by atoms with E-state index in [0.717, 1.165) is 12.8 Å². The summed E-state index contributed by atoms with van der Waals surface area (Å²) in [5.74, 6) is 0. The van der Waals surface area contributed by atoms with Gasteiger partial charge in [0, 0.05) is 15.1 Å². The molecule has 0 atom stereocenters. The standard InChI is InChI=1S/C38H26S/c1-2-11-25(12-3-1)26-21-23-27(24-22-26)36-29-14-4-6-16-31(29)37(32-17-7-5-15-30(32)36)34-19-10-18-33-28-13-8-9-20-35(28)39-38(33)34/h1-7,9-12,14-24H,8,13H2. The minimum atomic E-state index is 1.13. The van der Waals surface area contributed by atoms with Gasteiger partial charge in [-0.3, -0.25) is 0 Å². The van der Waals surface area contributed by atoms with Crippen LogP contribution in [0.5, 0.6) is 0 Å². The molecule has 1 aliphatic carbocycles. The van der Waals surface area contributed by atoms with Gasteiger partial charge in [-0.15, -0.1) is 11.3 Å². The smallest absolute Gasteiger partial charge is 0.0430 e. The molecular formula is C38H26S. The fraction of sp³-hybridized carbons (Fsp3) is 0.0526. The SMILES string of the molecule is C1=Cc2sc3c(-c4c5ccccc5c(-c5ccc(-c6ccccc6)cc5)c5ccccc45)cccc3c2CC1. The maximum Gasteiger partial charge on any atom is 0.0430 e. The average molecular weight is 515 g/mol. The first-order chi connectivity index (χ1) is 19.4. The molecule has 1 heteroatoms. The zero-order valence-electron chi connectivity index (χ0n) is 21.5. The van der Waals surface area contributed by atoms with Gasteiger partial charge in [0.25, 0.3) is 0 Å². The third-order valence-corrected chi connectivity index (χ3v) is 9.41. The molecule has 1 aliphatic rings. The van der Waals surface area contributed by atoms with E-state index in [2.05, 4.69) is 133 Å². The van der Waals surface area contributed by atoms with Crippen molar-refractivity contribution in [1.82, 2.24) is 0 Å². The Balaban J connectivity index is 1.42. The number of thiophene rings is 1. The lowest BCUT2D eigenvalue weighted by molar-refractivity contribution is 1.01. The van der Waals surface area contributed by atoms with Gasteiger partial charge in [-0.2, -0.15) is 0 Å². The van der Waals surface area contributed by atoms with Crippen LogP contribution in [0.3, 0.4) is 0 Å². The van der Waals surface area contributed by atoms with Crippen LogP contribution in [0, 0.1) is 0 Å². The summed E-state index contributed by atoms with van der Waals surface area (Å²) in [6.45, 7) is 0. The van der Waals surface area contributed by atoms with E-state index < -0.39 is 0 Å². The van der Waals surface area contributed by atoms with Crippen LogP contribution in [0.1, 0.15) is 16.9 Å². The van der Waals surface area contributed by atoms with Crippen molar-refractivity contribution in [2.45, 2.75) is 12.8 Å². The van der Waals surface area contributed by atoms with Gasteiger partial charge in [0.05, 0.1) is 0 Å². The second-order valence-electron chi connectivity index (χ2n) is 10.4. The molecule has 0 bridgehead atoms. The third-order valence-electron chi connectivity index (χ3n) is 8.16. The van der Waals surface area contributed by atoms with Crippen molar-refractivity contribution in [3.05, 3.63) is 138 Å². The molecule has 0 aliphatic heterocycles. The summed E-state index contributed by atoms with van der Waals surface area (Å²) in [6, 6.07) is 44.6. The topological polar surface area (TPSA) is 0 Å². The summed E-state index contributed by atoms with van der Waals surface area (Å²) in [5, 5.41) is 6.65. The second-order valence-corrected chi connectivity index (χ2v) is 11.4. The van der Waals surface area contributed by atoms with Gasteiger partial charge in [-0.05, 0) is 79.2 Å². The van der Waals surface area contributed by atoms with Crippen molar-refractivity contribution in [2.24, 2.45) is 0 Å². The summed E-state index contributed by atoms with van der Waals surface area (Å²) in [5.41, 5.74) is 9.26. The van der Waals surface area contributed by atoms with Crippen LogP contribution in [0.15, 0.2) is 127 Å². The van der Waals surface area contributed by atoms with E-state index >= 15 is 0 Å². The molecule has 0 spiro atoms. The van der Waals surface area contributed by atoms with E-state index in [9.17, 15) is 0 Å². The highest BCUT2D eigenvalue weighted by atomic mass is 32.1. The molecule has 0 saturated carbocycles. The largest absolute Gasteiger partial charge is 0.135 e. The molecule has 6 aromatic carbocycles. The van der Waals surface area contributed by atoms with Gasteiger partial charge in [0.1, 0.15) is 0 Å². The lowest BCUT2D eigenvalue weighted by Gasteiger charge is -2.18. The molecule has 1 aromatic heterocycles. The summed E-state index contributed by atoms with van der Waals surface area (Å²) in [4.78, 5) is 1.42. The van der Waals surface area contributed by atoms with Gasteiger partial charge in [0.2, 0.25) is 0 Å². The van der Waals surface area contributed by atoms with Gasteiger partial charge >= 0.3 is 0 Å². The zero-order valence-corrected chi connectivity index (χ0v) is 22.3. The highest BCUT2D eigenvalue weighted by Crippen LogP contribution is 2.48. The van der Waals surface area contributed by atoms with Crippen molar-refractivity contribution < 1.29 is 0 Å². The van der Waals surface area contributed by atoms with Crippen LogP contribution >= 0.6 is 11.3 Å². The van der Waals surface area contributed by atoms with E-state index in [1.165, 1.54) is 75.5 Å². The van der Waals surface area contributed by atoms with Crippen molar-refractivity contribution in [3.63, 3.8) is 0 Å². The number of hydrogen-bond donors (Lipinski definition) is 0. The van der Waals surface area contributed by atoms with Crippen molar-refractivity contribution >= 4 is 49.0 Å². The van der Waals surface area contributed by atoms with Crippen LogP contribution in [-0.2, 0) is 6.42 Å².